The van der Waals surface area contributed by atoms with Gasteiger partial charge in [-0.05, 0) is 25.7 Å². The molecule has 0 unspecified atom stereocenters. The van der Waals surface area contributed by atoms with Crippen molar-refractivity contribution < 1.29 is 0 Å². The van der Waals surface area contributed by atoms with Crippen LogP contribution in [0.25, 0.3) is 0 Å². The van der Waals surface area contributed by atoms with Gasteiger partial charge in [-0.15, -0.1) is 11.3 Å². The van der Waals surface area contributed by atoms with Gasteiger partial charge in [-0.3, -0.25) is 0 Å². The molecule has 0 aromatic carbocycles. The van der Waals surface area contributed by atoms with E-state index in [0.717, 1.165) is 18.8 Å². The maximum Gasteiger partial charge on any atom is 0.0798 e. The third kappa shape index (κ3) is 0.930. The molecule has 2 nitrogen and oxygen atoms in total. The van der Waals surface area contributed by atoms with Crippen LogP contribution < -0.4 is 5.73 Å². The lowest BCUT2D eigenvalue weighted by atomic mass is 10.1. The van der Waals surface area contributed by atoms with Gasteiger partial charge >= 0.3 is 0 Å². The SMILES string of the molecule is NC1(c2scnc2C2CC2)CC1. The summed E-state index contributed by atoms with van der Waals surface area (Å²) in [7, 11) is 0. The number of hydrogen-bond donors (Lipinski definition) is 1. The predicted octanol–water partition coefficient (Wildman–Crippen LogP) is 1.97. The molecule has 0 spiro atoms. The molecule has 12 heavy (non-hydrogen) atoms. The fraction of sp³-hybridized carbons (Fsp3) is 0.667. The summed E-state index contributed by atoms with van der Waals surface area (Å²) in [5.41, 5.74) is 9.46. The summed E-state index contributed by atoms with van der Waals surface area (Å²) >= 11 is 1.75. The Morgan fingerprint density at radius 3 is 2.83 bits per heavy atom. The van der Waals surface area contributed by atoms with Crippen LogP contribution in [0.4, 0.5) is 0 Å². The van der Waals surface area contributed by atoms with E-state index < -0.39 is 0 Å². The number of nitrogens with two attached hydrogens (primary N) is 1. The molecule has 2 fully saturated rings. The fourth-order valence-electron chi connectivity index (χ4n) is 1.64. The van der Waals surface area contributed by atoms with Gasteiger partial charge in [0.05, 0.1) is 16.7 Å². The third-order valence-corrected chi connectivity index (χ3v) is 3.86. The normalized spacial score (nSPS) is 25.8. The zero-order valence-corrected chi connectivity index (χ0v) is 7.73. The zero-order valence-electron chi connectivity index (χ0n) is 6.92. The van der Waals surface area contributed by atoms with Gasteiger partial charge in [0.1, 0.15) is 0 Å². The Balaban J connectivity index is 2.02. The summed E-state index contributed by atoms with van der Waals surface area (Å²) in [6, 6.07) is 0. The molecule has 1 heterocycles. The number of hydrogen-bond acceptors (Lipinski definition) is 3. The van der Waals surface area contributed by atoms with Crippen LogP contribution in [-0.2, 0) is 5.54 Å². The molecule has 2 saturated carbocycles. The molecule has 0 aliphatic heterocycles. The van der Waals surface area contributed by atoms with Crippen LogP contribution in [-0.4, -0.2) is 4.98 Å². The van der Waals surface area contributed by atoms with Crippen LogP contribution in [0.15, 0.2) is 5.51 Å². The lowest BCUT2D eigenvalue weighted by Gasteiger charge is -2.06. The second kappa shape index (κ2) is 2.09. The maximum absolute atomic E-state index is 6.15. The molecule has 3 rings (SSSR count). The summed E-state index contributed by atoms with van der Waals surface area (Å²) in [6.07, 6.45) is 4.98. The van der Waals surface area contributed by atoms with Crippen LogP contribution in [0.3, 0.4) is 0 Å². The van der Waals surface area contributed by atoms with Crippen molar-refractivity contribution in [2.24, 2.45) is 5.73 Å². The molecule has 0 amide bonds. The summed E-state index contributed by atoms with van der Waals surface area (Å²) in [5.74, 6) is 0.757. The van der Waals surface area contributed by atoms with Gasteiger partial charge in [0, 0.05) is 10.8 Å². The summed E-state index contributed by atoms with van der Waals surface area (Å²) in [4.78, 5) is 5.80. The Kier molecular flexibility index (Phi) is 1.23. The predicted molar refractivity (Wildman–Crippen MR) is 49.2 cm³/mol. The molecular formula is C9H12N2S. The zero-order chi connectivity index (χ0) is 8.18. The van der Waals surface area contributed by atoms with Crippen molar-refractivity contribution in [3.05, 3.63) is 16.1 Å². The molecule has 1 aromatic heterocycles. The quantitative estimate of drug-likeness (QED) is 0.755. The van der Waals surface area contributed by atoms with Crippen molar-refractivity contribution >= 4 is 11.3 Å². The molecular weight excluding hydrogens is 168 g/mol. The minimum absolute atomic E-state index is 0.0408. The highest BCUT2D eigenvalue weighted by molar-refractivity contribution is 7.10. The van der Waals surface area contributed by atoms with E-state index in [9.17, 15) is 0 Å². The minimum atomic E-state index is 0.0408. The monoisotopic (exact) mass is 180 g/mol. The minimum Gasteiger partial charge on any atom is -0.321 e. The number of thiazole rings is 1. The van der Waals surface area contributed by atoms with Gasteiger partial charge in [0.2, 0.25) is 0 Å². The summed E-state index contributed by atoms with van der Waals surface area (Å²) in [5, 5.41) is 0. The molecule has 0 bridgehead atoms. The molecule has 3 heteroatoms. The van der Waals surface area contributed by atoms with Crippen LogP contribution in [0.1, 0.15) is 42.2 Å². The van der Waals surface area contributed by atoms with E-state index in [4.69, 9.17) is 5.73 Å². The average molecular weight is 180 g/mol. The van der Waals surface area contributed by atoms with Crippen molar-refractivity contribution in [1.29, 1.82) is 0 Å². The molecule has 0 atom stereocenters. The molecule has 64 valence electrons. The maximum atomic E-state index is 6.15. The highest BCUT2D eigenvalue weighted by atomic mass is 32.1. The largest absolute Gasteiger partial charge is 0.321 e. The van der Waals surface area contributed by atoms with Crippen molar-refractivity contribution in [3.63, 3.8) is 0 Å². The summed E-state index contributed by atoms with van der Waals surface area (Å²) < 4.78 is 0. The lowest BCUT2D eigenvalue weighted by molar-refractivity contribution is 0.739. The van der Waals surface area contributed by atoms with Crippen LogP contribution in [0.5, 0.6) is 0 Å². The standard InChI is InChI=1S/C9H12N2S/c10-9(3-4-9)8-7(6-1-2-6)11-5-12-8/h5-6H,1-4,10H2. The van der Waals surface area contributed by atoms with E-state index in [1.54, 1.807) is 11.3 Å². The first-order valence-electron chi connectivity index (χ1n) is 4.52. The second-order valence-corrected chi connectivity index (χ2v) is 4.85. The molecule has 2 N–H and O–H groups in total. The fourth-order valence-corrected chi connectivity index (χ4v) is 2.69. The van der Waals surface area contributed by atoms with Gasteiger partial charge < -0.3 is 5.73 Å². The molecule has 2 aliphatic rings. The van der Waals surface area contributed by atoms with E-state index in [-0.39, 0.29) is 5.54 Å². The Morgan fingerprint density at radius 1 is 1.50 bits per heavy atom. The topological polar surface area (TPSA) is 38.9 Å². The Hall–Kier alpha value is -0.410. The number of rotatable bonds is 2. The van der Waals surface area contributed by atoms with Gasteiger partial charge in [-0.25, -0.2) is 4.98 Å². The van der Waals surface area contributed by atoms with Gasteiger partial charge in [-0.1, -0.05) is 0 Å². The van der Waals surface area contributed by atoms with E-state index in [2.05, 4.69) is 4.98 Å². The van der Waals surface area contributed by atoms with E-state index in [1.807, 2.05) is 5.51 Å². The molecule has 0 radical (unpaired) electrons. The van der Waals surface area contributed by atoms with E-state index >= 15 is 0 Å². The third-order valence-electron chi connectivity index (χ3n) is 2.80. The lowest BCUT2D eigenvalue weighted by Crippen LogP contribution is -2.18. The summed E-state index contributed by atoms with van der Waals surface area (Å²) in [6.45, 7) is 0. The Bertz CT molecular complexity index is 310. The highest BCUT2D eigenvalue weighted by Gasteiger charge is 2.45. The van der Waals surface area contributed by atoms with Crippen LogP contribution >= 0.6 is 11.3 Å². The van der Waals surface area contributed by atoms with Crippen molar-refractivity contribution in [3.8, 4) is 0 Å². The molecule has 0 saturated heterocycles. The second-order valence-electron chi connectivity index (χ2n) is 4.00. The van der Waals surface area contributed by atoms with Gasteiger partial charge in [0.25, 0.3) is 0 Å². The van der Waals surface area contributed by atoms with Crippen molar-refractivity contribution in [2.45, 2.75) is 37.1 Å². The smallest absolute Gasteiger partial charge is 0.0798 e. The molecule has 2 aliphatic carbocycles. The van der Waals surface area contributed by atoms with Gasteiger partial charge in [-0.2, -0.15) is 0 Å². The number of nitrogens with zero attached hydrogens (tertiary/aromatic N) is 1. The van der Waals surface area contributed by atoms with Crippen molar-refractivity contribution in [1.82, 2.24) is 4.98 Å². The highest BCUT2D eigenvalue weighted by Crippen LogP contribution is 2.51. The van der Waals surface area contributed by atoms with Crippen molar-refractivity contribution in [2.75, 3.05) is 0 Å². The first kappa shape index (κ1) is 7.04. The van der Waals surface area contributed by atoms with Gasteiger partial charge in [0.15, 0.2) is 0 Å². The molecule has 1 aromatic rings. The van der Waals surface area contributed by atoms with E-state index in [0.29, 0.717) is 0 Å². The van der Waals surface area contributed by atoms with Crippen LogP contribution in [0.2, 0.25) is 0 Å². The first-order valence-corrected chi connectivity index (χ1v) is 5.40. The van der Waals surface area contributed by atoms with Crippen LogP contribution in [0, 0.1) is 0 Å². The Labute approximate surface area is 75.8 Å². The van der Waals surface area contributed by atoms with E-state index in [1.165, 1.54) is 23.4 Å². The average Bonchev–Trinajstić information content (AvgIpc) is 2.97. The first-order chi connectivity index (χ1) is 5.80. The number of aromatic nitrogens is 1. The Morgan fingerprint density at radius 2 is 2.25 bits per heavy atom.